The van der Waals surface area contributed by atoms with Crippen molar-refractivity contribution in [3.05, 3.63) is 65.2 Å². The number of amides is 2. The molecule has 0 radical (unpaired) electrons. The molecule has 28 heavy (non-hydrogen) atoms. The van der Waals surface area contributed by atoms with Gasteiger partial charge < -0.3 is 15.0 Å². The Bertz CT molecular complexity index is 767. The van der Waals surface area contributed by atoms with Crippen molar-refractivity contribution in [2.45, 2.75) is 32.7 Å². The van der Waals surface area contributed by atoms with Crippen LogP contribution in [-0.2, 0) is 16.0 Å². The number of benzene rings is 2. The summed E-state index contributed by atoms with van der Waals surface area (Å²) in [6, 6.07) is 16.3. The van der Waals surface area contributed by atoms with Gasteiger partial charge in [0, 0.05) is 18.1 Å². The van der Waals surface area contributed by atoms with Gasteiger partial charge in [-0.3, -0.25) is 9.59 Å². The van der Waals surface area contributed by atoms with E-state index in [1.54, 1.807) is 29.2 Å². The number of nitrogens with one attached hydrogen (secondary N) is 1. The van der Waals surface area contributed by atoms with E-state index in [-0.39, 0.29) is 18.4 Å². The number of ether oxygens (including phenoxy) is 1. The lowest BCUT2D eigenvalue weighted by Gasteiger charge is -2.30. The van der Waals surface area contributed by atoms with E-state index in [1.807, 2.05) is 44.2 Å². The SMILES string of the molecule is CCNC(=O)[C@@H](CC)N(CCc1ccccc1)C(=O)COc1cccc(Cl)c1. The summed E-state index contributed by atoms with van der Waals surface area (Å²) >= 11 is 5.96. The molecule has 0 fully saturated rings. The second-order valence-corrected chi connectivity index (χ2v) is 6.82. The number of likely N-dealkylation sites (N-methyl/N-ethyl adjacent to an activating group) is 1. The van der Waals surface area contributed by atoms with Crippen molar-refractivity contribution in [3.8, 4) is 5.75 Å². The molecular weight excluding hydrogens is 376 g/mol. The Morgan fingerprint density at radius 1 is 1.11 bits per heavy atom. The zero-order valence-electron chi connectivity index (χ0n) is 16.4. The van der Waals surface area contributed by atoms with E-state index in [2.05, 4.69) is 5.32 Å². The Labute approximate surface area is 171 Å². The number of rotatable bonds is 10. The Kier molecular flexibility index (Phi) is 8.82. The van der Waals surface area contributed by atoms with Gasteiger partial charge in [0.25, 0.3) is 5.91 Å². The van der Waals surface area contributed by atoms with Crippen LogP contribution in [0.2, 0.25) is 5.02 Å². The van der Waals surface area contributed by atoms with Gasteiger partial charge in [-0.25, -0.2) is 0 Å². The molecule has 2 aromatic carbocycles. The Morgan fingerprint density at radius 3 is 2.50 bits per heavy atom. The molecule has 0 aliphatic carbocycles. The van der Waals surface area contributed by atoms with Crippen molar-refractivity contribution in [1.82, 2.24) is 10.2 Å². The lowest BCUT2D eigenvalue weighted by Crippen LogP contribution is -2.51. The third kappa shape index (κ3) is 6.57. The maximum absolute atomic E-state index is 12.9. The predicted molar refractivity (Wildman–Crippen MR) is 112 cm³/mol. The van der Waals surface area contributed by atoms with Crippen LogP contribution >= 0.6 is 11.6 Å². The fourth-order valence-corrected chi connectivity index (χ4v) is 3.15. The summed E-state index contributed by atoms with van der Waals surface area (Å²) in [4.78, 5) is 27.0. The molecule has 1 N–H and O–H groups in total. The molecule has 0 aliphatic heterocycles. The zero-order chi connectivity index (χ0) is 20.4. The summed E-state index contributed by atoms with van der Waals surface area (Å²) in [7, 11) is 0. The second kappa shape index (κ2) is 11.3. The van der Waals surface area contributed by atoms with Gasteiger partial charge in [0.2, 0.25) is 5.91 Å². The largest absolute Gasteiger partial charge is 0.484 e. The van der Waals surface area contributed by atoms with Crippen LogP contribution in [-0.4, -0.2) is 42.5 Å². The summed E-state index contributed by atoms with van der Waals surface area (Å²) in [5, 5.41) is 3.36. The molecule has 0 unspecified atom stereocenters. The van der Waals surface area contributed by atoms with Crippen LogP contribution in [0.25, 0.3) is 0 Å². The van der Waals surface area contributed by atoms with Crippen molar-refractivity contribution in [2.75, 3.05) is 19.7 Å². The molecule has 5 nitrogen and oxygen atoms in total. The number of hydrogen-bond donors (Lipinski definition) is 1. The topological polar surface area (TPSA) is 58.6 Å². The Morgan fingerprint density at radius 2 is 1.86 bits per heavy atom. The standard InChI is InChI=1S/C22H27ClN2O3/c1-3-20(22(27)24-4-2)25(14-13-17-9-6-5-7-10-17)21(26)16-28-19-12-8-11-18(23)15-19/h5-12,15,20H,3-4,13-14,16H2,1-2H3,(H,24,27)/t20-/m1/s1. The van der Waals surface area contributed by atoms with Crippen LogP contribution in [0.1, 0.15) is 25.8 Å². The first-order chi connectivity index (χ1) is 13.5. The minimum Gasteiger partial charge on any atom is -0.484 e. The molecule has 0 aliphatic rings. The maximum atomic E-state index is 12.9. The normalized spacial score (nSPS) is 11.5. The number of carbonyl (C=O) groups is 2. The average molecular weight is 403 g/mol. The molecule has 6 heteroatoms. The van der Waals surface area contributed by atoms with Crippen molar-refractivity contribution in [3.63, 3.8) is 0 Å². The zero-order valence-corrected chi connectivity index (χ0v) is 17.1. The van der Waals surface area contributed by atoms with Crippen molar-refractivity contribution in [1.29, 1.82) is 0 Å². The number of halogens is 1. The molecule has 0 heterocycles. The monoisotopic (exact) mass is 402 g/mol. The highest BCUT2D eigenvalue weighted by Crippen LogP contribution is 2.17. The molecule has 2 aromatic rings. The fraction of sp³-hybridized carbons (Fsp3) is 0.364. The van der Waals surface area contributed by atoms with Crippen molar-refractivity contribution < 1.29 is 14.3 Å². The Balaban J connectivity index is 2.10. The van der Waals surface area contributed by atoms with E-state index < -0.39 is 6.04 Å². The lowest BCUT2D eigenvalue weighted by molar-refractivity contribution is -0.142. The molecular formula is C22H27ClN2O3. The third-order valence-corrected chi connectivity index (χ3v) is 4.61. The van der Waals surface area contributed by atoms with Crippen LogP contribution < -0.4 is 10.1 Å². The number of hydrogen-bond acceptors (Lipinski definition) is 3. The molecule has 0 saturated carbocycles. The molecule has 0 spiro atoms. The van der Waals surface area contributed by atoms with Crippen LogP contribution in [0, 0.1) is 0 Å². The third-order valence-electron chi connectivity index (χ3n) is 4.38. The van der Waals surface area contributed by atoms with Gasteiger partial charge in [-0.1, -0.05) is 54.9 Å². The van der Waals surface area contributed by atoms with E-state index in [1.165, 1.54) is 0 Å². The quantitative estimate of drug-likeness (QED) is 0.659. The van der Waals surface area contributed by atoms with Gasteiger partial charge in [0.1, 0.15) is 11.8 Å². The van der Waals surface area contributed by atoms with Crippen molar-refractivity contribution >= 4 is 23.4 Å². The number of nitrogens with zero attached hydrogens (tertiary/aromatic N) is 1. The van der Waals surface area contributed by atoms with Gasteiger partial charge in [-0.05, 0) is 43.5 Å². The van der Waals surface area contributed by atoms with E-state index >= 15 is 0 Å². The van der Waals surface area contributed by atoms with E-state index in [0.29, 0.717) is 36.7 Å². The molecule has 1 atom stereocenters. The minimum absolute atomic E-state index is 0.144. The highest BCUT2D eigenvalue weighted by atomic mass is 35.5. The van der Waals surface area contributed by atoms with Gasteiger partial charge in [-0.2, -0.15) is 0 Å². The fourth-order valence-electron chi connectivity index (χ4n) is 2.97. The molecule has 0 saturated heterocycles. The summed E-state index contributed by atoms with van der Waals surface area (Å²) in [6.45, 7) is 4.58. The van der Waals surface area contributed by atoms with Gasteiger partial charge in [0.05, 0.1) is 0 Å². The Hall–Kier alpha value is -2.53. The molecule has 0 bridgehead atoms. The van der Waals surface area contributed by atoms with Gasteiger partial charge >= 0.3 is 0 Å². The van der Waals surface area contributed by atoms with Gasteiger partial charge in [-0.15, -0.1) is 0 Å². The van der Waals surface area contributed by atoms with Crippen LogP contribution in [0.5, 0.6) is 5.75 Å². The summed E-state index contributed by atoms with van der Waals surface area (Å²) in [5.41, 5.74) is 1.11. The van der Waals surface area contributed by atoms with E-state index in [4.69, 9.17) is 16.3 Å². The molecule has 150 valence electrons. The van der Waals surface area contributed by atoms with Gasteiger partial charge in [0.15, 0.2) is 6.61 Å². The molecule has 0 aromatic heterocycles. The maximum Gasteiger partial charge on any atom is 0.261 e. The molecule has 2 rings (SSSR count). The summed E-state index contributed by atoms with van der Waals surface area (Å²) < 4.78 is 5.61. The first kappa shape index (κ1) is 21.8. The lowest BCUT2D eigenvalue weighted by atomic mass is 10.1. The first-order valence-electron chi connectivity index (χ1n) is 9.54. The smallest absolute Gasteiger partial charge is 0.261 e. The van der Waals surface area contributed by atoms with E-state index in [0.717, 1.165) is 5.56 Å². The minimum atomic E-state index is -0.529. The second-order valence-electron chi connectivity index (χ2n) is 6.39. The molecule has 2 amide bonds. The van der Waals surface area contributed by atoms with Crippen molar-refractivity contribution in [2.24, 2.45) is 0 Å². The van der Waals surface area contributed by atoms with E-state index in [9.17, 15) is 9.59 Å². The van der Waals surface area contributed by atoms with Crippen LogP contribution in [0.3, 0.4) is 0 Å². The summed E-state index contributed by atoms with van der Waals surface area (Å²) in [6.07, 6.45) is 1.20. The van der Waals surface area contributed by atoms with Crippen LogP contribution in [0.4, 0.5) is 0 Å². The average Bonchev–Trinajstić information content (AvgIpc) is 2.70. The highest BCUT2D eigenvalue weighted by Gasteiger charge is 2.28. The highest BCUT2D eigenvalue weighted by molar-refractivity contribution is 6.30. The number of carbonyl (C=O) groups excluding carboxylic acids is 2. The summed E-state index contributed by atoms with van der Waals surface area (Å²) in [5.74, 6) is 0.151. The predicted octanol–water partition coefficient (Wildman–Crippen LogP) is 3.70. The first-order valence-corrected chi connectivity index (χ1v) is 9.92. The van der Waals surface area contributed by atoms with Crippen LogP contribution in [0.15, 0.2) is 54.6 Å².